The fourth-order valence-electron chi connectivity index (χ4n) is 2.53. The summed E-state index contributed by atoms with van der Waals surface area (Å²) in [5.74, 6) is 0.178. The van der Waals surface area contributed by atoms with Gasteiger partial charge in [-0.05, 0) is 35.9 Å². The summed E-state index contributed by atoms with van der Waals surface area (Å²) in [6, 6.07) is 10.7. The van der Waals surface area contributed by atoms with Crippen LogP contribution in [0.25, 0.3) is 0 Å². The molecule has 142 valence electrons. The predicted molar refractivity (Wildman–Crippen MR) is 97.3 cm³/mol. The Kier molecular flexibility index (Phi) is 5.13. The molecule has 0 unspecified atom stereocenters. The maximum Gasteiger partial charge on any atom is 0.285 e. The molecule has 9 nitrogen and oxygen atoms in total. The second kappa shape index (κ2) is 7.35. The second-order valence-electron chi connectivity index (χ2n) is 5.62. The number of aromatic hydroxyl groups is 1. The highest BCUT2D eigenvalue weighted by atomic mass is 32.2. The summed E-state index contributed by atoms with van der Waals surface area (Å²) in [7, 11) is -2.48. The second-order valence-corrected chi connectivity index (χ2v) is 7.20. The van der Waals surface area contributed by atoms with Gasteiger partial charge in [0.05, 0.1) is 19.9 Å². The molecule has 0 aromatic heterocycles. The summed E-state index contributed by atoms with van der Waals surface area (Å²) in [6.07, 6.45) is -0.407. The highest BCUT2D eigenvalue weighted by Crippen LogP contribution is 2.28. The van der Waals surface area contributed by atoms with Gasteiger partial charge in [0.1, 0.15) is 4.90 Å². The van der Waals surface area contributed by atoms with Crippen molar-refractivity contribution in [1.29, 1.82) is 0 Å². The van der Waals surface area contributed by atoms with E-state index in [0.29, 0.717) is 11.1 Å². The monoisotopic (exact) mass is 391 g/mol. The first-order valence-electron chi connectivity index (χ1n) is 7.81. The van der Waals surface area contributed by atoms with Crippen LogP contribution in [0.3, 0.4) is 0 Å². The maximum absolute atomic E-state index is 12.2. The lowest BCUT2D eigenvalue weighted by Crippen LogP contribution is -2.33. The van der Waals surface area contributed by atoms with E-state index in [2.05, 4.69) is 9.50 Å². The summed E-state index contributed by atoms with van der Waals surface area (Å²) >= 11 is 0. The molecule has 0 amide bonds. The van der Waals surface area contributed by atoms with E-state index < -0.39 is 22.9 Å². The molecule has 10 heteroatoms. The van der Waals surface area contributed by atoms with Crippen LogP contribution in [0.2, 0.25) is 0 Å². The number of aliphatic hydroxyl groups excluding tert-OH is 1. The molecule has 2 aromatic rings. The van der Waals surface area contributed by atoms with Crippen molar-refractivity contribution < 1.29 is 28.5 Å². The molecule has 1 aliphatic heterocycles. The molecule has 0 fully saturated rings. The fraction of sp³-hybridized carbons (Fsp3) is 0.176. The Morgan fingerprint density at radius 1 is 1.26 bits per heavy atom. The molecule has 0 bridgehead atoms. The van der Waals surface area contributed by atoms with Crippen molar-refractivity contribution in [2.24, 2.45) is 9.50 Å². The predicted octanol–water partition coefficient (Wildman–Crippen LogP) is 0.496. The van der Waals surface area contributed by atoms with Crippen LogP contribution in [0.1, 0.15) is 11.1 Å². The summed E-state index contributed by atoms with van der Waals surface area (Å²) in [4.78, 5) is 0.0268. The van der Waals surface area contributed by atoms with Gasteiger partial charge in [-0.3, -0.25) is 0 Å². The zero-order valence-corrected chi connectivity index (χ0v) is 15.0. The number of benzene rings is 2. The van der Waals surface area contributed by atoms with Gasteiger partial charge in [0, 0.05) is 5.56 Å². The van der Waals surface area contributed by atoms with E-state index in [4.69, 9.17) is 4.74 Å². The highest BCUT2D eigenvalue weighted by Gasteiger charge is 2.32. The molecule has 0 radical (unpaired) electrons. The van der Waals surface area contributed by atoms with E-state index in [1.54, 1.807) is 24.3 Å². The standard InChI is InChI=1S/C17H17N3O6S/c1-26-14-8-11(6-7-13(14)21)9-18-20(10-16(22)23)17-12-4-2-3-5-15(12)27(24,25)19-17/h2-9,16,21-23H,10H2,1H3/b18-9+. The first-order chi connectivity index (χ1) is 12.8. The van der Waals surface area contributed by atoms with E-state index in [9.17, 15) is 23.7 Å². The van der Waals surface area contributed by atoms with Crippen LogP contribution in [0, 0.1) is 0 Å². The minimum Gasteiger partial charge on any atom is -0.504 e. The van der Waals surface area contributed by atoms with Gasteiger partial charge in [0.2, 0.25) is 0 Å². The van der Waals surface area contributed by atoms with Gasteiger partial charge in [-0.1, -0.05) is 12.1 Å². The van der Waals surface area contributed by atoms with Gasteiger partial charge < -0.3 is 20.1 Å². The summed E-state index contributed by atoms with van der Waals surface area (Å²) < 4.78 is 33.2. The number of phenols is 1. The topological polar surface area (TPSA) is 132 Å². The summed E-state index contributed by atoms with van der Waals surface area (Å²) in [6.45, 7) is -0.394. The molecule has 1 heterocycles. The van der Waals surface area contributed by atoms with Gasteiger partial charge in [0.25, 0.3) is 10.0 Å². The van der Waals surface area contributed by atoms with E-state index >= 15 is 0 Å². The van der Waals surface area contributed by atoms with Crippen LogP contribution in [0.4, 0.5) is 0 Å². The molecule has 0 saturated heterocycles. The Morgan fingerprint density at radius 2 is 2.00 bits per heavy atom. The average Bonchev–Trinajstić information content (AvgIpc) is 2.91. The van der Waals surface area contributed by atoms with Crippen molar-refractivity contribution in [2.45, 2.75) is 11.2 Å². The van der Waals surface area contributed by atoms with E-state index in [1.165, 1.54) is 31.5 Å². The van der Waals surface area contributed by atoms with Crippen molar-refractivity contribution in [3.05, 3.63) is 53.6 Å². The van der Waals surface area contributed by atoms with Crippen molar-refractivity contribution in [1.82, 2.24) is 5.01 Å². The number of hydrogen-bond donors (Lipinski definition) is 3. The largest absolute Gasteiger partial charge is 0.504 e. The number of phenolic OH excluding ortho intramolecular Hbond substituents is 1. The first-order valence-corrected chi connectivity index (χ1v) is 9.25. The minimum atomic E-state index is -3.88. The number of aliphatic hydroxyl groups is 2. The molecule has 1 aliphatic rings. The lowest BCUT2D eigenvalue weighted by molar-refractivity contribution is -0.0508. The Hall–Kier alpha value is -2.95. The molecule has 0 saturated carbocycles. The molecule has 27 heavy (non-hydrogen) atoms. The SMILES string of the molecule is COc1cc(/C=N/N(CC(O)O)C2=NS(=O)(=O)c3ccccc32)ccc1O. The Balaban J connectivity index is 1.99. The third-order valence-electron chi connectivity index (χ3n) is 3.74. The molecule has 0 spiro atoms. The molecular formula is C17H17N3O6S. The maximum atomic E-state index is 12.2. The van der Waals surface area contributed by atoms with Crippen LogP contribution < -0.4 is 4.74 Å². The highest BCUT2D eigenvalue weighted by molar-refractivity contribution is 7.90. The molecule has 3 rings (SSSR count). The van der Waals surface area contributed by atoms with Crippen LogP contribution >= 0.6 is 0 Å². The van der Waals surface area contributed by atoms with Gasteiger partial charge in [-0.25, -0.2) is 5.01 Å². The number of methoxy groups -OCH3 is 1. The summed E-state index contributed by atoms with van der Waals surface area (Å²) in [5, 5.41) is 33.6. The van der Waals surface area contributed by atoms with Crippen LogP contribution in [-0.4, -0.2) is 60.7 Å². The normalized spacial score (nSPS) is 15.0. The average molecular weight is 391 g/mol. The number of ether oxygens (including phenoxy) is 1. The number of hydrogen-bond acceptors (Lipinski definition) is 8. The van der Waals surface area contributed by atoms with Crippen molar-refractivity contribution in [2.75, 3.05) is 13.7 Å². The molecular weight excluding hydrogens is 374 g/mol. The van der Waals surface area contributed by atoms with Gasteiger partial charge in [0.15, 0.2) is 23.6 Å². The van der Waals surface area contributed by atoms with Crippen LogP contribution in [-0.2, 0) is 10.0 Å². The first kappa shape index (κ1) is 18.8. The van der Waals surface area contributed by atoms with Crippen LogP contribution in [0.15, 0.2) is 56.9 Å². The van der Waals surface area contributed by atoms with Crippen molar-refractivity contribution in [3.8, 4) is 11.5 Å². The quantitative estimate of drug-likeness (QED) is 0.384. The Morgan fingerprint density at radius 3 is 2.70 bits per heavy atom. The lowest BCUT2D eigenvalue weighted by Gasteiger charge is -2.19. The molecule has 0 atom stereocenters. The summed E-state index contributed by atoms with van der Waals surface area (Å²) in [5.41, 5.74) is 0.857. The zero-order chi connectivity index (χ0) is 19.6. The third-order valence-corrected chi connectivity index (χ3v) is 5.07. The Labute approximate surface area is 155 Å². The molecule has 0 aliphatic carbocycles. The number of rotatable bonds is 5. The molecule has 3 N–H and O–H groups in total. The number of nitrogens with zero attached hydrogens (tertiary/aromatic N) is 3. The fourth-order valence-corrected chi connectivity index (χ4v) is 3.73. The third kappa shape index (κ3) is 3.92. The van der Waals surface area contributed by atoms with Crippen molar-refractivity contribution >= 4 is 22.1 Å². The zero-order valence-electron chi connectivity index (χ0n) is 14.2. The number of hydrazone groups is 1. The van der Waals surface area contributed by atoms with Gasteiger partial charge in [-0.15, -0.1) is 4.40 Å². The van der Waals surface area contributed by atoms with E-state index in [-0.39, 0.29) is 22.2 Å². The van der Waals surface area contributed by atoms with Gasteiger partial charge >= 0.3 is 0 Å². The van der Waals surface area contributed by atoms with Crippen LogP contribution in [0.5, 0.6) is 11.5 Å². The number of sulfonamides is 1. The number of amidine groups is 1. The Bertz CT molecular complexity index is 1020. The number of fused-ring (bicyclic) bond motifs is 1. The smallest absolute Gasteiger partial charge is 0.285 e. The van der Waals surface area contributed by atoms with Gasteiger partial charge in [-0.2, -0.15) is 13.5 Å². The van der Waals surface area contributed by atoms with E-state index in [0.717, 1.165) is 5.01 Å². The van der Waals surface area contributed by atoms with Crippen molar-refractivity contribution in [3.63, 3.8) is 0 Å². The molecule has 2 aromatic carbocycles. The van der Waals surface area contributed by atoms with E-state index in [1.807, 2.05) is 0 Å². The lowest BCUT2D eigenvalue weighted by atomic mass is 10.2. The minimum absolute atomic E-state index is 0.0132.